The maximum absolute atomic E-state index is 13.2. The van der Waals surface area contributed by atoms with Gasteiger partial charge >= 0.3 is 0 Å². The highest BCUT2D eigenvalue weighted by Gasteiger charge is 2.29. The highest BCUT2D eigenvalue weighted by Crippen LogP contribution is 2.31. The molecule has 1 saturated heterocycles. The molecule has 6 nitrogen and oxygen atoms in total. The molecule has 0 bridgehead atoms. The maximum Gasteiger partial charge on any atom is 0.264 e. The predicted octanol–water partition coefficient (Wildman–Crippen LogP) is 5.12. The lowest BCUT2D eigenvalue weighted by molar-refractivity contribution is -0.127. The van der Waals surface area contributed by atoms with E-state index in [0.29, 0.717) is 43.4 Å². The van der Waals surface area contributed by atoms with Crippen molar-refractivity contribution in [3.63, 3.8) is 0 Å². The lowest BCUT2D eigenvalue weighted by Crippen LogP contribution is -2.45. The number of nitrogens with one attached hydrogen (secondary N) is 1. The molecule has 0 saturated carbocycles. The number of hydrogen-bond donors (Lipinski definition) is 1. The third-order valence-electron chi connectivity index (χ3n) is 6.59. The Labute approximate surface area is 203 Å². The Balaban J connectivity index is 1.43. The molecule has 1 fully saturated rings. The Morgan fingerprint density at radius 2 is 1.85 bits per heavy atom. The number of piperidine rings is 1. The molecule has 0 spiro atoms. The molecule has 1 N–H and O–H groups in total. The second kappa shape index (κ2) is 9.85. The average Bonchev–Trinajstić information content (AvgIpc) is 3.36. The van der Waals surface area contributed by atoms with E-state index in [-0.39, 0.29) is 23.8 Å². The van der Waals surface area contributed by atoms with Crippen LogP contribution in [0.25, 0.3) is 10.2 Å². The Bertz CT molecular complexity index is 1140. The van der Waals surface area contributed by atoms with Gasteiger partial charge in [0.25, 0.3) is 5.91 Å². The number of likely N-dealkylation sites (tertiary alicyclic amines) is 1. The number of amides is 2. The lowest BCUT2D eigenvalue weighted by Gasteiger charge is -2.32. The van der Waals surface area contributed by atoms with Crippen LogP contribution in [0.1, 0.15) is 54.5 Å². The minimum absolute atomic E-state index is 0.0205. The fourth-order valence-electron chi connectivity index (χ4n) is 4.10. The topological polar surface area (TPSA) is 67.2 Å². The van der Waals surface area contributed by atoms with Gasteiger partial charge in [-0.3, -0.25) is 14.3 Å². The molecule has 0 radical (unpaired) electrons. The molecule has 3 aromatic rings. The van der Waals surface area contributed by atoms with Crippen LogP contribution in [0, 0.1) is 18.8 Å². The molecule has 1 aliphatic rings. The van der Waals surface area contributed by atoms with Crippen LogP contribution in [0.5, 0.6) is 0 Å². The number of rotatable bonds is 6. The summed E-state index contributed by atoms with van der Waals surface area (Å²) in [6.45, 7) is 10.1. The van der Waals surface area contributed by atoms with Crippen LogP contribution < -0.4 is 5.32 Å². The van der Waals surface area contributed by atoms with Crippen LogP contribution in [-0.2, 0) is 11.3 Å². The van der Waals surface area contributed by atoms with Gasteiger partial charge in [0.1, 0.15) is 4.83 Å². The lowest BCUT2D eigenvalue weighted by atomic mass is 9.94. The first kappa shape index (κ1) is 23.8. The Kier molecular flexibility index (Phi) is 7.10. The van der Waals surface area contributed by atoms with Crippen molar-refractivity contribution >= 4 is 45.0 Å². The summed E-state index contributed by atoms with van der Waals surface area (Å²) >= 11 is 7.49. The van der Waals surface area contributed by atoms with E-state index in [0.717, 1.165) is 26.4 Å². The van der Waals surface area contributed by atoms with E-state index in [1.54, 1.807) is 0 Å². The van der Waals surface area contributed by atoms with Gasteiger partial charge in [-0.05, 0) is 56.4 Å². The molecule has 8 heteroatoms. The molecular formula is C25H31ClN4O2S. The highest BCUT2D eigenvalue weighted by molar-refractivity contribution is 7.20. The van der Waals surface area contributed by atoms with Crippen molar-refractivity contribution < 1.29 is 9.59 Å². The van der Waals surface area contributed by atoms with Gasteiger partial charge in [-0.25, -0.2) is 0 Å². The van der Waals surface area contributed by atoms with E-state index >= 15 is 0 Å². The van der Waals surface area contributed by atoms with Crippen LogP contribution in [0.15, 0.2) is 30.3 Å². The molecule has 1 unspecified atom stereocenters. The van der Waals surface area contributed by atoms with Gasteiger partial charge < -0.3 is 10.2 Å². The third kappa shape index (κ3) is 5.25. The summed E-state index contributed by atoms with van der Waals surface area (Å²) < 4.78 is 1.96. The van der Waals surface area contributed by atoms with Crippen molar-refractivity contribution in [2.75, 3.05) is 13.1 Å². The van der Waals surface area contributed by atoms with E-state index < -0.39 is 0 Å². The summed E-state index contributed by atoms with van der Waals surface area (Å²) in [5.41, 5.74) is 2.03. The quantitative estimate of drug-likeness (QED) is 0.525. The number of nitrogens with zero attached hydrogens (tertiary/aromatic N) is 3. The molecule has 1 aliphatic heterocycles. The molecule has 176 valence electrons. The summed E-state index contributed by atoms with van der Waals surface area (Å²) in [7, 11) is 0. The van der Waals surface area contributed by atoms with Gasteiger partial charge in [-0.15, -0.1) is 11.3 Å². The fraction of sp³-hybridized carbons (Fsp3) is 0.480. The second-order valence-electron chi connectivity index (χ2n) is 9.31. The van der Waals surface area contributed by atoms with Gasteiger partial charge in [0.2, 0.25) is 5.91 Å². The molecule has 1 atom stereocenters. The van der Waals surface area contributed by atoms with Gasteiger partial charge in [-0.2, -0.15) is 5.10 Å². The standard InChI is InChI=1S/C25H31ClN4O2S/c1-15(2)16(3)27-23(31)19-9-11-29(12-10-19)24(32)22-13-21-17(4)28-30(25(21)33-22)14-18-5-7-20(26)8-6-18/h5-8,13,15-16,19H,9-12,14H2,1-4H3,(H,27,31). The summed E-state index contributed by atoms with van der Waals surface area (Å²) in [5.74, 6) is 0.543. The number of thiophene rings is 1. The van der Waals surface area contributed by atoms with Crippen molar-refractivity contribution in [3.8, 4) is 0 Å². The summed E-state index contributed by atoms with van der Waals surface area (Å²) in [5, 5.41) is 9.52. The van der Waals surface area contributed by atoms with Crippen LogP contribution in [-0.4, -0.2) is 45.6 Å². The summed E-state index contributed by atoms with van der Waals surface area (Å²) in [6.07, 6.45) is 1.41. The molecule has 33 heavy (non-hydrogen) atoms. The monoisotopic (exact) mass is 486 g/mol. The van der Waals surface area contributed by atoms with Crippen LogP contribution in [0.4, 0.5) is 0 Å². The minimum atomic E-state index is -0.0205. The van der Waals surface area contributed by atoms with Crippen molar-refractivity contribution in [1.82, 2.24) is 20.0 Å². The number of fused-ring (bicyclic) bond motifs is 1. The molecule has 0 aliphatic carbocycles. The molecular weight excluding hydrogens is 456 g/mol. The summed E-state index contributed by atoms with van der Waals surface area (Å²) in [4.78, 5) is 29.4. The smallest absolute Gasteiger partial charge is 0.264 e. The van der Waals surface area contributed by atoms with Crippen LogP contribution >= 0.6 is 22.9 Å². The van der Waals surface area contributed by atoms with Gasteiger partial charge in [0.05, 0.1) is 17.1 Å². The van der Waals surface area contributed by atoms with Crippen molar-refractivity contribution in [3.05, 3.63) is 51.5 Å². The van der Waals surface area contributed by atoms with E-state index in [1.807, 2.05) is 53.8 Å². The minimum Gasteiger partial charge on any atom is -0.353 e. The molecule has 2 aromatic heterocycles. The van der Waals surface area contributed by atoms with Gasteiger partial charge in [0.15, 0.2) is 0 Å². The first-order valence-electron chi connectivity index (χ1n) is 11.5. The Hall–Kier alpha value is -2.38. The van der Waals surface area contributed by atoms with Gasteiger partial charge in [-0.1, -0.05) is 37.6 Å². The SMILES string of the molecule is Cc1nn(Cc2ccc(Cl)cc2)c2sc(C(=O)N3CCC(C(=O)NC(C)C(C)C)CC3)cc12. The second-order valence-corrected chi connectivity index (χ2v) is 10.8. The van der Waals surface area contributed by atoms with E-state index in [4.69, 9.17) is 11.6 Å². The van der Waals surface area contributed by atoms with Crippen molar-refractivity contribution in [2.45, 2.75) is 53.1 Å². The Morgan fingerprint density at radius 3 is 2.48 bits per heavy atom. The largest absolute Gasteiger partial charge is 0.353 e. The first-order chi connectivity index (χ1) is 15.7. The predicted molar refractivity (Wildman–Crippen MR) is 134 cm³/mol. The molecule has 2 amide bonds. The normalized spacial score (nSPS) is 15.9. The number of aryl methyl sites for hydroxylation is 1. The number of benzene rings is 1. The number of aromatic nitrogens is 2. The zero-order valence-corrected chi connectivity index (χ0v) is 21.2. The number of halogens is 1. The highest BCUT2D eigenvalue weighted by atomic mass is 35.5. The fourth-order valence-corrected chi connectivity index (χ4v) is 5.35. The van der Waals surface area contributed by atoms with E-state index in [9.17, 15) is 9.59 Å². The third-order valence-corrected chi connectivity index (χ3v) is 7.98. The van der Waals surface area contributed by atoms with Crippen molar-refractivity contribution in [1.29, 1.82) is 0 Å². The molecule has 1 aromatic carbocycles. The van der Waals surface area contributed by atoms with Crippen LogP contribution in [0.2, 0.25) is 5.02 Å². The maximum atomic E-state index is 13.2. The number of carbonyl (C=O) groups is 2. The summed E-state index contributed by atoms with van der Waals surface area (Å²) in [6, 6.07) is 9.86. The first-order valence-corrected chi connectivity index (χ1v) is 12.7. The number of carbonyl (C=O) groups excluding carboxylic acids is 2. The zero-order chi connectivity index (χ0) is 23.7. The van der Waals surface area contributed by atoms with Gasteiger partial charge in [0, 0.05) is 35.5 Å². The number of hydrogen-bond acceptors (Lipinski definition) is 4. The van der Waals surface area contributed by atoms with Crippen molar-refractivity contribution in [2.24, 2.45) is 11.8 Å². The van der Waals surface area contributed by atoms with E-state index in [1.165, 1.54) is 11.3 Å². The van der Waals surface area contributed by atoms with Crippen LogP contribution in [0.3, 0.4) is 0 Å². The van der Waals surface area contributed by atoms with E-state index in [2.05, 4.69) is 24.3 Å². The zero-order valence-electron chi connectivity index (χ0n) is 19.6. The Morgan fingerprint density at radius 1 is 1.18 bits per heavy atom. The molecule has 4 rings (SSSR count). The average molecular weight is 487 g/mol. The molecule has 3 heterocycles.